The highest BCUT2D eigenvalue weighted by atomic mass is 35.5. The van der Waals surface area contributed by atoms with Crippen LogP contribution in [0.15, 0.2) is 36.4 Å². The van der Waals surface area contributed by atoms with Gasteiger partial charge in [0.25, 0.3) is 0 Å². The van der Waals surface area contributed by atoms with Gasteiger partial charge in [-0.25, -0.2) is 4.39 Å². The Kier molecular flexibility index (Phi) is 4.08. The van der Waals surface area contributed by atoms with E-state index in [0.717, 1.165) is 5.56 Å². The van der Waals surface area contributed by atoms with Crippen LogP contribution in [-0.4, -0.2) is 12.2 Å². The van der Waals surface area contributed by atoms with Crippen molar-refractivity contribution in [2.75, 3.05) is 7.11 Å². The van der Waals surface area contributed by atoms with Gasteiger partial charge in [0.15, 0.2) is 0 Å². The van der Waals surface area contributed by atoms with E-state index in [4.69, 9.17) is 16.3 Å². The summed E-state index contributed by atoms with van der Waals surface area (Å²) in [6, 6.07) is 9.60. The fourth-order valence-electron chi connectivity index (χ4n) is 1.88. The summed E-state index contributed by atoms with van der Waals surface area (Å²) in [5.74, 6) is 0.0205. The van der Waals surface area contributed by atoms with Crippen molar-refractivity contribution in [2.45, 2.75) is 13.0 Å². The lowest BCUT2D eigenvalue weighted by atomic mass is 10.00. The van der Waals surface area contributed by atoms with Crippen LogP contribution in [0.25, 0.3) is 0 Å². The first-order valence-corrected chi connectivity index (χ1v) is 6.18. The Hall–Kier alpha value is -1.58. The summed E-state index contributed by atoms with van der Waals surface area (Å²) >= 11 is 5.92. The second kappa shape index (κ2) is 5.59. The molecule has 2 nitrogen and oxygen atoms in total. The minimum absolute atomic E-state index is 0.231. The normalized spacial score (nSPS) is 12.3. The molecule has 0 amide bonds. The average Bonchev–Trinajstić information content (AvgIpc) is 2.38. The maximum atomic E-state index is 13.8. The number of hydrogen-bond acceptors (Lipinski definition) is 2. The number of rotatable bonds is 3. The van der Waals surface area contributed by atoms with Crippen LogP contribution in [-0.2, 0) is 0 Å². The van der Waals surface area contributed by atoms with E-state index in [1.807, 2.05) is 0 Å². The predicted octanol–water partition coefficient (Wildman–Crippen LogP) is 3.88. The molecule has 0 heterocycles. The predicted molar refractivity (Wildman–Crippen MR) is 73.2 cm³/mol. The molecule has 2 aromatic rings. The topological polar surface area (TPSA) is 29.5 Å². The zero-order chi connectivity index (χ0) is 14.0. The van der Waals surface area contributed by atoms with Gasteiger partial charge in [0, 0.05) is 5.56 Å². The third-order valence-electron chi connectivity index (χ3n) is 2.94. The summed E-state index contributed by atoms with van der Waals surface area (Å²) in [7, 11) is 1.49. The lowest BCUT2D eigenvalue weighted by molar-refractivity contribution is 0.214. The van der Waals surface area contributed by atoms with E-state index in [2.05, 4.69) is 0 Å². The SMILES string of the molecule is COc1cc(C(O)c2ccc(C)cc2F)ccc1Cl. The molecule has 0 saturated heterocycles. The highest BCUT2D eigenvalue weighted by molar-refractivity contribution is 6.32. The number of hydrogen-bond donors (Lipinski definition) is 1. The number of aryl methyl sites for hydroxylation is 1. The van der Waals surface area contributed by atoms with Crippen molar-refractivity contribution >= 4 is 11.6 Å². The maximum absolute atomic E-state index is 13.8. The van der Waals surface area contributed by atoms with Crippen molar-refractivity contribution in [2.24, 2.45) is 0 Å². The van der Waals surface area contributed by atoms with Crippen LogP contribution in [0.3, 0.4) is 0 Å². The van der Waals surface area contributed by atoms with Crippen LogP contribution < -0.4 is 4.74 Å². The molecule has 1 N–H and O–H groups in total. The molecule has 0 bridgehead atoms. The molecule has 2 rings (SSSR count). The van der Waals surface area contributed by atoms with Gasteiger partial charge in [0.2, 0.25) is 0 Å². The van der Waals surface area contributed by atoms with E-state index in [0.29, 0.717) is 16.3 Å². The Morgan fingerprint density at radius 3 is 2.58 bits per heavy atom. The summed E-state index contributed by atoms with van der Waals surface area (Å²) in [6.07, 6.45) is -1.05. The van der Waals surface area contributed by atoms with E-state index in [1.54, 1.807) is 37.3 Å². The summed E-state index contributed by atoms with van der Waals surface area (Å²) in [4.78, 5) is 0. The third kappa shape index (κ3) is 2.88. The molecule has 4 heteroatoms. The molecule has 19 heavy (non-hydrogen) atoms. The van der Waals surface area contributed by atoms with E-state index in [-0.39, 0.29) is 5.56 Å². The monoisotopic (exact) mass is 280 g/mol. The summed E-state index contributed by atoms with van der Waals surface area (Å²) in [5, 5.41) is 10.7. The average molecular weight is 281 g/mol. The number of halogens is 2. The second-order valence-electron chi connectivity index (χ2n) is 4.32. The zero-order valence-corrected chi connectivity index (χ0v) is 11.4. The standard InChI is InChI=1S/C15H14ClFO2/c1-9-3-5-11(13(17)7-9)15(18)10-4-6-12(16)14(8-10)19-2/h3-8,15,18H,1-2H3. The van der Waals surface area contributed by atoms with Crippen molar-refractivity contribution in [1.29, 1.82) is 0 Å². The van der Waals surface area contributed by atoms with Crippen LogP contribution in [0.1, 0.15) is 22.8 Å². The number of benzene rings is 2. The summed E-state index contributed by atoms with van der Waals surface area (Å²) < 4.78 is 18.9. The molecule has 100 valence electrons. The first-order chi connectivity index (χ1) is 9.02. The Labute approximate surface area is 116 Å². The molecule has 0 aliphatic heterocycles. The number of aliphatic hydroxyl groups is 1. The van der Waals surface area contributed by atoms with Gasteiger partial charge in [-0.05, 0) is 36.2 Å². The van der Waals surface area contributed by atoms with Gasteiger partial charge in [-0.1, -0.05) is 29.8 Å². The Balaban J connectivity index is 2.40. The molecule has 0 aliphatic rings. The minimum atomic E-state index is -1.05. The van der Waals surface area contributed by atoms with Gasteiger partial charge in [-0.3, -0.25) is 0 Å². The Bertz CT molecular complexity index is 599. The zero-order valence-electron chi connectivity index (χ0n) is 10.7. The molecule has 0 saturated carbocycles. The molecule has 1 unspecified atom stereocenters. The Morgan fingerprint density at radius 1 is 1.21 bits per heavy atom. The molecule has 2 aromatic carbocycles. The van der Waals surface area contributed by atoms with Crippen molar-refractivity contribution in [3.8, 4) is 5.75 Å². The fourth-order valence-corrected chi connectivity index (χ4v) is 2.07. The number of methoxy groups -OCH3 is 1. The summed E-state index contributed by atoms with van der Waals surface area (Å²) in [5.41, 5.74) is 1.57. The molecule has 0 radical (unpaired) electrons. The van der Waals surface area contributed by atoms with Crippen LogP contribution in [0.2, 0.25) is 5.02 Å². The van der Waals surface area contributed by atoms with E-state index >= 15 is 0 Å². The minimum Gasteiger partial charge on any atom is -0.495 e. The lowest BCUT2D eigenvalue weighted by Gasteiger charge is -2.14. The molecule has 0 aromatic heterocycles. The van der Waals surface area contributed by atoms with Crippen LogP contribution in [0.4, 0.5) is 4.39 Å². The van der Waals surface area contributed by atoms with E-state index < -0.39 is 11.9 Å². The maximum Gasteiger partial charge on any atom is 0.137 e. The van der Waals surface area contributed by atoms with Crippen LogP contribution in [0, 0.1) is 12.7 Å². The largest absolute Gasteiger partial charge is 0.495 e. The molecule has 0 fully saturated rings. The van der Waals surface area contributed by atoms with Crippen molar-refractivity contribution in [3.63, 3.8) is 0 Å². The number of aliphatic hydroxyl groups excluding tert-OH is 1. The smallest absolute Gasteiger partial charge is 0.137 e. The molecule has 0 spiro atoms. The molecular formula is C15H14ClFO2. The molecule has 1 atom stereocenters. The quantitative estimate of drug-likeness (QED) is 0.924. The van der Waals surface area contributed by atoms with Gasteiger partial charge >= 0.3 is 0 Å². The van der Waals surface area contributed by atoms with Gasteiger partial charge < -0.3 is 9.84 Å². The van der Waals surface area contributed by atoms with Crippen molar-refractivity contribution in [1.82, 2.24) is 0 Å². The summed E-state index contributed by atoms with van der Waals surface area (Å²) in [6.45, 7) is 1.80. The number of ether oxygens (including phenoxy) is 1. The third-order valence-corrected chi connectivity index (χ3v) is 3.25. The first-order valence-electron chi connectivity index (χ1n) is 5.80. The molecular weight excluding hydrogens is 267 g/mol. The van der Waals surface area contributed by atoms with Crippen LogP contribution in [0.5, 0.6) is 5.75 Å². The van der Waals surface area contributed by atoms with Gasteiger partial charge in [-0.15, -0.1) is 0 Å². The highest BCUT2D eigenvalue weighted by Gasteiger charge is 2.16. The Morgan fingerprint density at radius 2 is 1.95 bits per heavy atom. The first kappa shape index (κ1) is 13.8. The van der Waals surface area contributed by atoms with Crippen LogP contribution >= 0.6 is 11.6 Å². The van der Waals surface area contributed by atoms with E-state index in [9.17, 15) is 9.50 Å². The van der Waals surface area contributed by atoms with Gasteiger partial charge in [0.05, 0.1) is 12.1 Å². The van der Waals surface area contributed by atoms with E-state index in [1.165, 1.54) is 13.2 Å². The van der Waals surface area contributed by atoms with Crippen molar-refractivity contribution in [3.05, 3.63) is 63.9 Å². The van der Waals surface area contributed by atoms with Gasteiger partial charge in [-0.2, -0.15) is 0 Å². The van der Waals surface area contributed by atoms with Gasteiger partial charge in [0.1, 0.15) is 17.7 Å². The fraction of sp³-hybridized carbons (Fsp3) is 0.200. The highest BCUT2D eigenvalue weighted by Crippen LogP contribution is 2.31. The van der Waals surface area contributed by atoms with Crippen molar-refractivity contribution < 1.29 is 14.2 Å². The molecule has 0 aliphatic carbocycles. The second-order valence-corrected chi connectivity index (χ2v) is 4.73. The lowest BCUT2D eigenvalue weighted by Crippen LogP contribution is -2.03.